The summed E-state index contributed by atoms with van der Waals surface area (Å²) >= 11 is 6.12. The maximum Gasteiger partial charge on any atom is 0.273 e. The van der Waals surface area contributed by atoms with Crippen LogP contribution in [0, 0.1) is 0 Å². The molecule has 2 N–H and O–H groups in total. The molecule has 0 aliphatic heterocycles. The first-order valence-electron chi connectivity index (χ1n) is 7.51. The number of aromatic nitrogens is 2. The van der Waals surface area contributed by atoms with Gasteiger partial charge in [0.05, 0.1) is 16.4 Å². The van der Waals surface area contributed by atoms with Gasteiger partial charge in [-0.05, 0) is 24.3 Å². The van der Waals surface area contributed by atoms with E-state index in [1.54, 1.807) is 38.4 Å². The predicted molar refractivity (Wildman–Crippen MR) is 94.7 cm³/mol. The van der Waals surface area contributed by atoms with Crippen molar-refractivity contribution in [1.82, 2.24) is 15.1 Å². The second-order valence-electron chi connectivity index (χ2n) is 6.52. The third-order valence-corrected chi connectivity index (χ3v) is 3.91. The number of rotatable bonds is 3. The van der Waals surface area contributed by atoms with E-state index >= 15 is 0 Å². The largest absolute Gasteiger partial charge is 0.355 e. The van der Waals surface area contributed by atoms with E-state index in [2.05, 4.69) is 15.7 Å². The maximum absolute atomic E-state index is 12.5. The molecular formula is C17H21ClN4O2. The number of nitrogens with one attached hydrogen (secondary N) is 2. The van der Waals surface area contributed by atoms with E-state index in [0.29, 0.717) is 22.0 Å². The van der Waals surface area contributed by atoms with E-state index in [0.717, 1.165) is 5.69 Å². The normalized spacial score (nSPS) is 11.2. The van der Waals surface area contributed by atoms with Crippen molar-refractivity contribution in [2.24, 2.45) is 7.05 Å². The number of benzene rings is 1. The Morgan fingerprint density at radius 3 is 2.38 bits per heavy atom. The monoisotopic (exact) mass is 348 g/mol. The number of carbonyl (C=O) groups is 2. The summed E-state index contributed by atoms with van der Waals surface area (Å²) in [6, 6.07) is 6.47. The topological polar surface area (TPSA) is 76.0 Å². The number of aryl methyl sites for hydroxylation is 1. The average Bonchev–Trinajstić information content (AvgIpc) is 2.91. The summed E-state index contributed by atoms with van der Waals surface area (Å²) in [5.74, 6) is -0.589. The van der Waals surface area contributed by atoms with Crippen LogP contribution in [0.3, 0.4) is 0 Å². The van der Waals surface area contributed by atoms with E-state index < -0.39 is 0 Å². The highest BCUT2D eigenvalue weighted by atomic mass is 35.5. The van der Waals surface area contributed by atoms with Gasteiger partial charge in [-0.1, -0.05) is 32.4 Å². The Morgan fingerprint density at radius 1 is 1.17 bits per heavy atom. The molecule has 1 aromatic carbocycles. The van der Waals surface area contributed by atoms with E-state index in [1.807, 2.05) is 20.8 Å². The molecule has 0 atom stereocenters. The quantitative estimate of drug-likeness (QED) is 0.895. The SMILES string of the molecule is CNC(=O)c1ccc(Cl)c(NC(=O)c2cc(C(C)(C)C)nn2C)c1. The molecule has 0 fully saturated rings. The fourth-order valence-electron chi connectivity index (χ4n) is 2.14. The minimum absolute atomic E-state index is 0.160. The molecule has 7 heteroatoms. The van der Waals surface area contributed by atoms with Gasteiger partial charge >= 0.3 is 0 Å². The van der Waals surface area contributed by atoms with Crippen LogP contribution in [0.1, 0.15) is 47.3 Å². The second-order valence-corrected chi connectivity index (χ2v) is 6.92. The smallest absolute Gasteiger partial charge is 0.273 e. The summed E-state index contributed by atoms with van der Waals surface area (Å²) < 4.78 is 1.53. The molecule has 2 aromatic rings. The van der Waals surface area contributed by atoms with Gasteiger partial charge in [0.25, 0.3) is 11.8 Å². The van der Waals surface area contributed by atoms with Crippen LogP contribution in [0.25, 0.3) is 0 Å². The summed E-state index contributed by atoms with van der Waals surface area (Å²) in [5.41, 5.74) is 1.87. The minimum Gasteiger partial charge on any atom is -0.355 e. The molecule has 0 spiro atoms. The summed E-state index contributed by atoms with van der Waals surface area (Å²) in [5, 5.41) is 10.0. The van der Waals surface area contributed by atoms with Crippen molar-refractivity contribution in [3.63, 3.8) is 0 Å². The first-order valence-corrected chi connectivity index (χ1v) is 7.89. The van der Waals surface area contributed by atoms with Gasteiger partial charge in [-0.15, -0.1) is 0 Å². The first kappa shape index (κ1) is 18.0. The molecule has 1 heterocycles. The van der Waals surface area contributed by atoms with E-state index in [-0.39, 0.29) is 17.2 Å². The van der Waals surface area contributed by atoms with Gasteiger partial charge in [-0.25, -0.2) is 0 Å². The van der Waals surface area contributed by atoms with Crippen LogP contribution in [0.2, 0.25) is 5.02 Å². The van der Waals surface area contributed by atoms with Crippen molar-refractivity contribution in [2.75, 3.05) is 12.4 Å². The fourth-order valence-corrected chi connectivity index (χ4v) is 2.30. The van der Waals surface area contributed by atoms with Crippen molar-refractivity contribution >= 4 is 29.1 Å². The van der Waals surface area contributed by atoms with Crippen molar-refractivity contribution in [2.45, 2.75) is 26.2 Å². The molecule has 0 unspecified atom stereocenters. The van der Waals surface area contributed by atoms with Crippen LogP contribution < -0.4 is 10.6 Å². The Bertz CT molecular complexity index is 790. The lowest BCUT2D eigenvalue weighted by Crippen LogP contribution is -2.19. The van der Waals surface area contributed by atoms with Crippen molar-refractivity contribution in [3.05, 3.63) is 46.2 Å². The lowest BCUT2D eigenvalue weighted by Gasteiger charge is -2.13. The molecule has 24 heavy (non-hydrogen) atoms. The van der Waals surface area contributed by atoms with Gasteiger partial charge in [0.2, 0.25) is 0 Å². The molecule has 1 aromatic heterocycles. The standard InChI is InChI=1S/C17H21ClN4O2/c1-17(2,3)14-9-13(22(5)21-14)16(24)20-12-8-10(15(23)19-4)6-7-11(12)18/h6-9H,1-5H3,(H,19,23)(H,20,24). The van der Waals surface area contributed by atoms with Gasteiger partial charge in [-0.2, -0.15) is 5.10 Å². The van der Waals surface area contributed by atoms with Crippen LogP contribution in [0.5, 0.6) is 0 Å². The Hall–Kier alpha value is -2.34. The molecule has 0 bridgehead atoms. The van der Waals surface area contributed by atoms with Crippen LogP contribution in [0.4, 0.5) is 5.69 Å². The Labute approximate surface area is 146 Å². The number of carbonyl (C=O) groups excluding carboxylic acids is 2. The maximum atomic E-state index is 12.5. The van der Waals surface area contributed by atoms with Crippen LogP contribution in [-0.2, 0) is 12.5 Å². The number of halogens is 1. The fraction of sp³-hybridized carbons (Fsp3) is 0.353. The second kappa shape index (κ2) is 6.65. The zero-order valence-corrected chi connectivity index (χ0v) is 15.2. The molecule has 0 saturated heterocycles. The van der Waals surface area contributed by atoms with Gasteiger partial charge in [0, 0.05) is 25.1 Å². The van der Waals surface area contributed by atoms with Crippen molar-refractivity contribution < 1.29 is 9.59 Å². The molecule has 0 aliphatic carbocycles. The predicted octanol–water partition coefficient (Wildman–Crippen LogP) is 2.98. The highest BCUT2D eigenvalue weighted by molar-refractivity contribution is 6.34. The summed E-state index contributed by atoms with van der Waals surface area (Å²) in [6.45, 7) is 6.09. The lowest BCUT2D eigenvalue weighted by atomic mass is 9.92. The van der Waals surface area contributed by atoms with Crippen molar-refractivity contribution in [1.29, 1.82) is 0 Å². The van der Waals surface area contributed by atoms with E-state index in [1.165, 1.54) is 4.68 Å². The molecule has 0 saturated carbocycles. The number of nitrogens with zero attached hydrogens (tertiary/aromatic N) is 2. The summed E-state index contributed by atoms with van der Waals surface area (Å²) in [6.07, 6.45) is 0. The van der Waals surface area contributed by atoms with Gasteiger partial charge in [0.15, 0.2) is 0 Å². The van der Waals surface area contributed by atoms with Gasteiger partial charge < -0.3 is 10.6 Å². The van der Waals surface area contributed by atoms with Crippen molar-refractivity contribution in [3.8, 4) is 0 Å². The molecule has 128 valence electrons. The molecule has 2 rings (SSSR count). The third-order valence-electron chi connectivity index (χ3n) is 3.58. The molecule has 2 amide bonds. The summed E-state index contributed by atoms with van der Waals surface area (Å²) in [7, 11) is 3.26. The lowest BCUT2D eigenvalue weighted by molar-refractivity contribution is 0.0961. The number of amides is 2. The zero-order valence-electron chi connectivity index (χ0n) is 14.4. The van der Waals surface area contributed by atoms with Gasteiger partial charge in [-0.3, -0.25) is 14.3 Å². The Balaban J connectivity index is 2.30. The van der Waals surface area contributed by atoms with Crippen LogP contribution >= 0.6 is 11.6 Å². The van der Waals surface area contributed by atoms with Crippen LogP contribution in [-0.4, -0.2) is 28.6 Å². The summed E-state index contributed by atoms with van der Waals surface area (Å²) in [4.78, 5) is 24.3. The zero-order chi connectivity index (χ0) is 18.1. The van der Waals surface area contributed by atoms with E-state index in [9.17, 15) is 9.59 Å². The number of anilines is 1. The molecular weight excluding hydrogens is 328 g/mol. The number of hydrogen-bond acceptors (Lipinski definition) is 3. The van der Waals surface area contributed by atoms with Crippen LogP contribution in [0.15, 0.2) is 24.3 Å². The highest BCUT2D eigenvalue weighted by Crippen LogP contribution is 2.25. The van der Waals surface area contributed by atoms with E-state index in [4.69, 9.17) is 11.6 Å². The highest BCUT2D eigenvalue weighted by Gasteiger charge is 2.22. The molecule has 6 nitrogen and oxygen atoms in total. The third kappa shape index (κ3) is 3.76. The average molecular weight is 349 g/mol. The van der Waals surface area contributed by atoms with Gasteiger partial charge in [0.1, 0.15) is 5.69 Å². The Kier molecular flexibility index (Phi) is 4.99. The Morgan fingerprint density at radius 2 is 1.83 bits per heavy atom. The molecule has 0 aliphatic rings. The molecule has 0 radical (unpaired) electrons. The number of hydrogen-bond donors (Lipinski definition) is 2. The minimum atomic E-state index is -0.337. The first-order chi connectivity index (χ1) is 11.1.